The molecule has 1 aliphatic heterocycles. The number of nitrogens with zero attached hydrogens (tertiary/aromatic N) is 1. The van der Waals surface area contributed by atoms with Crippen molar-refractivity contribution in [1.82, 2.24) is 4.90 Å². The average molecular weight is 405 g/mol. The topological polar surface area (TPSA) is 52.6 Å². The maximum atomic E-state index is 14.0. The van der Waals surface area contributed by atoms with Crippen LogP contribution >= 0.6 is 11.6 Å². The number of aliphatic hydroxyl groups is 1. The standard InChI is InChI=1S/C22H26ClFN2O2/c1-25-18-8-9-19(20(24)15-18)21(27)3-2-12-26-13-10-22(28,11-14-26)16-4-6-17(23)7-5-16/h4-9,15,25,28H,2-3,10-14H2,1H3. The summed E-state index contributed by atoms with van der Waals surface area (Å²) >= 11 is 5.93. The molecule has 1 aliphatic rings. The zero-order valence-corrected chi connectivity index (χ0v) is 16.8. The molecule has 0 atom stereocenters. The lowest BCUT2D eigenvalue weighted by molar-refractivity contribution is -0.0260. The molecule has 0 amide bonds. The maximum Gasteiger partial charge on any atom is 0.165 e. The predicted molar refractivity (Wildman–Crippen MR) is 111 cm³/mol. The molecule has 0 bridgehead atoms. The van der Waals surface area contributed by atoms with E-state index in [2.05, 4.69) is 10.2 Å². The molecule has 0 aliphatic carbocycles. The largest absolute Gasteiger partial charge is 0.388 e. The molecule has 0 unspecified atom stereocenters. The number of hydrogen-bond acceptors (Lipinski definition) is 4. The van der Waals surface area contributed by atoms with Crippen molar-refractivity contribution in [3.05, 3.63) is 64.4 Å². The quantitative estimate of drug-likeness (QED) is 0.668. The highest BCUT2D eigenvalue weighted by Gasteiger charge is 2.33. The smallest absolute Gasteiger partial charge is 0.165 e. The number of carbonyl (C=O) groups is 1. The van der Waals surface area contributed by atoms with E-state index in [1.165, 1.54) is 12.1 Å². The highest BCUT2D eigenvalue weighted by Crippen LogP contribution is 2.33. The lowest BCUT2D eigenvalue weighted by Gasteiger charge is -2.38. The van der Waals surface area contributed by atoms with Gasteiger partial charge in [-0.2, -0.15) is 0 Å². The van der Waals surface area contributed by atoms with E-state index in [1.54, 1.807) is 25.2 Å². The Morgan fingerprint density at radius 2 is 1.89 bits per heavy atom. The van der Waals surface area contributed by atoms with Crippen molar-refractivity contribution in [3.63, 3.8) is 0 Å². The summed E-state index contributed by atoms with van der Waals surface area (Å²) < 4.78 is 14.0. The van der Waals surface area contributed by atoms with Gasteiger partial charge in [0.25, 0.3) is 0 Å². The van der Waals surface area contributed by atoms with Gasteiger partial charge in [-0.05, 0) is 61.7 Å². The van der Waals surface area contributed by atoms with Gasteiger partial charge in [0.1, 0.15) is 5.82 Å². The number of Topliss-reactive ketones (excluding diaryl/α,β-unsaturated/α-hetero) is 1. The molecule has 0 radical (unpaired) electrons. The fourth-order valence-electron chi connectivity index (χ4n) is 3.69. The number of ketones is 1. The number of rotatable bonds is 7. The molecule has 2 aromatic rings. The number of hydrogen-bond donors (Lipinski definition) is 2. The SMILES string of the molecule is CNc1ccc(C(=O)CCCN2CCC(O)(c3ccc(Cl)cc3)CC2)c(F)c1. The van der Waals surface area contributed by atoms with Gasteiger partial charge in [0.2, 0.25) is 0 Å². The molecular weight excluding hydrogens is 379 g/mol. The Morgan fingerprint density at radius 3 is 2.50 bits per heavy atom. The number of carbonyl (C=O) groups excluding carboxylic acids is 1. The van der Waals surface area contributed by atoms with Gasteiger partial charge < -0.3 is 15.3 Å². The molecule has 28 heavy (non-hydrogen) atoms. The Morgan fingerprint density at radius 1 is 1.21 bits per heavy atom. The van der Waals surface area contributed by atoms with Crippen LogP contribution in [0.4, 0.5) is 10.1 Å². The third-order valence-corrected chi connectivity index (χ3v) is 5.75. The van der Waals surface area contributed by atoms with E-state index in [0.717, 1.165) is 25.2 Å². The maximum absolute atomic E-state index is 14.0. The van der Waals surface area contributed by atoms with E-state index in [0.29, 0.717) is 36.4 Å². The lowest BCUT2D eigenvalue weighted by atomic mass is 9.84. The molecule has 0 spiro atoms. The zero-order chi connectivity index (χ0) is 20.1. The summed E-state index contributed by atoms with van der Waals surface area (Å²) in [6, 6.07) is 11.9. The number of nitrogens with one attached hydrogen (secondary N) is 1. The van der Waals surface area contributed by atoms with Crippen LogP contribution in [0.25, 0.3) is 0 Å². The number of benzene rings is 2. The van der Waals surface area contributed by atoms with E-state index in [1.807, 2.05) is 12.1 Å². The summed E-state index contributed by atoms with van der Waals surface area (Å²) in [7, 11) is 1.71. The summed E-state index contributed by atoms with van der Waals surface area (Å²) in [6.07, 6.45) is 2.27. The molecule has 2 N–H and O–H groups in total. The molecule has 1 fully saturated rings. The highest BCUT2D eigenvalue weighted by molar-refractivity contribution is 6.30. The van der Waals surface area contributed by atoms with E-state index >= 15 is 0 Å². The fourth-order valence-corrected chi connectivity index (χ4v) is 3.82. The molecule has 2 aromatic carbocycles. The Hall–Kier alpha value is -1.95. The van der Waals surface area contributed by atoms with Gasteiger partial charge in [-0.3, -0.25) is 4.79 Å². The highest BCUT2D eigenvalue weighted by atomic mass is 35.5. The summed E-state index contributed by atoms with van der Waals surface area (Å²) in [6.45, 7) is 2.29. The van der Waals surface area contributed by atoms with Gasteiger partial charge >= 0.3 is 0 Å². The Labute approximate surface area is 170 Å². The van der Waals surface area contributed by atoms with Crippen molar-refractivity contribution >= 4 is 23.1 Å². The minimum absolute atomic E-state index is 0.148. The van der Waals surface area contributed by atoms with Crippen LogP contribution in [0, 0.1) is 5.82 Å². The number of piperidine rings is 1. The molecule has 0 aromatic heterocycles. The van der Waals surface area contributed by atoms with Crippen molar-refractivity contribution in [2.75, 3.05) is 32.0 Å². The monoisotopic (exact) mass is 404 g/mol. The number of likely N-dealkylation sites (tertiary alicyclic amines) is 1. The molecule has 1 saturated heterocycles. The summed E-state index contributed by atoms with van der Waals surface area (Å²) in [5.74, 6) is -0.655. The van der Waals surface area contributed by atoms with Crippen molar-refractivity contribution in [1.29, 1.82) is 0 Å². The summed E-state index contributed by atoms with van der Waals surface area (Å²) in [5, 5.41) is 14.4. The first-order valence-corrected chi connectivity index (χ1v) is 10.0. The third kappa shape index (κ3) is 4.90. The molecule has 6 heteroatoms. The Bertz CT molecular complexity index is 818. The molecule has 3 rings (SSSR count). The van der Waals surface area contributed by atoms with Crippen molar-refractivity contribution in [3.8, 4) is 0 Å². The number of anilines is 1. The summed E-state index contributed by atoms with van der Waals surface area (Å²) in [5.41, 5.74) is 0.868. The summed E-state index contributed by atoms with van der Waals surface area (Å²) in [4.78, 5) is 14.5. The van der Waals surface area contributed by atoms with Crippen LogP contribution in [0.2, 0.25) is 5.02 Å². The van der Waals surface area contributed by atoms with Crippen LogP contribution in [-0.2, 0) is 5.60 Å². The minimum Gasteiger partial charge on any atom is -0.388 e. The minimum atomic E-state index is -0.824. The first-order chi connectivity index (χ1) is 13.4. The normalized spacial score (nSPS) is 16.7. The van der Waals surface area contributed by atoms with E-state index in [9.17, 15) is 14.3 Å². The van der Waals surface area contributed by atoms with Crippen molar-refractivity contribution < 1.29 is 14.3 Å². The van der Waals surface area contributed by atoms with Gasteiger partial charge in [-0.15, -0.1) is 0 Å². The van der Waals surface area contributed by atoms with E-state index < -0.39 is 11.4 Å². The Kier molecular flexibility index (Phi) is 6.70. The van der Waals surface area contributed by atoms with Crippen LogP contribution in [-0.4, -0.2) is 42.5 Å². The average Bonchev–Trinajstić information content (AvgIpc) is 2.69. The Balaban J connectivity index is 1.46. The fraction of sp³-hybridized carbons (Fsp3) is 0.409. The first-order valence-electron chi connectivity index (χ1n) is 9.62. The van der Waals surface area contributed by atoms with Crippen molar-refractivity contribution in [2.45, 2.75) is 31.3 Å². The molecule has 150 valence electrons. The first kappa shape index (κ1) is 20.8. The second-order valence-electron chi connectivity index (χ2n) is 7.35. The second kappa shape index (κ2) is 9.03. The van der Waals surface area contributed by atoms with Gasteiger partial charge in [0.05, 0.1) is 11.2 Å². The zero-order valence-electron chi connectivity index (χ0n) is 16.0. The van der Waals surface area contributed by atoms with Crippen LogP contribution < -0.4 is 5.32 Å². The molecule has 4 nitrogen and oxygen atoms in total. The lowest BCUT2D eigenvalue weighted by Crippen LogP contribution is -2.42. The van der Waals surface area contributed by atoms with Gasteiger partial charge in [-0.1, -0.05) is 23.7 Å². The van der Waals surface area contributed by atoms with E-state index in [-0.39, 0.29) is 11.3 Å². The molecule has 0 saturated carbocycles. The van der Waals surface area contributed by atoms with Crippen LogP contribution in [0.1, 0.15) is 41.6 Å². The van der Waals surface area contributed by atoms with Gasteiger partial charge in [0, 0.05) is 37.3 Å². The van der Waals surface area contributed by atoms with Gasteiger partial charge in [0.15, 0.2) is 5.78 Å². The molecular formula is C22H26ClFN2O2. The number of halogens is 2. The van der Waals surface area contributed by atoms with Crippen molar-refractivity contribution in [2.24, 2.45) is 0 Å². The van der Waals surface area contributed by atoms with Crippen LogP contribution in [0.15, 0.2) is 42.5 Å². The van der Waals surface area contributed by atoms with Crippen LogP contribution in [0.5, 0.6) is 0 Å². The predicted octanol–water partition coefficient (Wildman–Crippen LogP) is 4.47. The third-order valence-electron chi connectivity index (χ3n) is 5.50. The van der Waals surface area contributed by atoms with Gasteiger partial charge in [-0.25, -0.2) is 4.39 Å². The second-order valence-corrected chi connectivity index (χ2v) is 7.79. The van der Waals surface area contributed by atoms with Crippen LogP contribution in [0.3, 0.4) is 0 Å². The van der Waals surface area contributed by atoms with E-state index in [4.69, 9.17) is 11.6 Å². The molecule has 1 heterocycles.